The van der Waals surface area contributed by atoms with Gasteiger partial charge in [-0.25, -0.2) is 4.98 Å². The average Bonchev–Trinajstić information content (AvgIpc) is 2.76. The fourth-order valence-electron chi connectivity index (χ4n) is 1.82. The molecule has 4 nitrogen and oxygen atoms in total. The van der Waals surface area contributed by atoms with Crippen LogP contribution in [0.15, 0.2) is 35.1 Å². The van der Waals surface area contributed by atoms with Gasteiger partial charge < -0.3 is 4.57 Å². The van der Waals surface area contributed by atoms with Crippen LogP contribution >= 0.6 is 27.5 Å². The summed E-state index contributed by atoms with van der Waals surface area (Å²) in [6, 6.07) is 5.73. The molecule has 1 aromatic heterocycles. The molecule has 6 heteroatoms. The van der Waals surface area contributed by atoms with Crippen molar-refractivity contribution < 1.29 is 0 Å². The van der Waals surface area contributed by atoms with Gasteiger partial charge in [0.15, 0.2) is 0 Å². The van der Waals surface area contributed by atoms with E-state index in [1.807, 2.05) is 36.0 Å². The SMILES string of the molecule is Cn1ccnc1CC(NN)c1cccc(Br)c1Cl. The minimum absolute atomic E-state index is 0.0731. The number of hydrogen-bond donors (Lipinski definition) is 2. The van der Waals surface area contributed by atoms with E-state index in [1.54, 1.807) is 6.20 Å². The number of rotatable bonds is 4. The lowest BCUT2D eigenvalue weighted by atomic mass is 10.0. The Hall–Kier alpha value is -0.880. The van der Waals surface area contributed by atoms with Gasteiger partial charge in [0.2, 0.25) is 0 Å². The molecule has 0 aliphatic carbocycles. The Morgan fingerprint density at radius 1 is 1.56 bits per heavy atom. The number of nitrogens with two attached hydrogens (primary N) is 1. The zero-order valence-electron chi connectivity index (χ0n) is 9.90. The first kappa shape index (κ1) is 13.5. The number of hydrazine groups is 1. The van der Waals surface area contributed by atoms with Crippen LogP contribution in [-0.4, -0.2) is 9.55 Å². The third-order valence-electron chi connectivity index (χ3n) is 2.87. The van der Waals surface area contributed by atoms with Crippen molar-refractivity contribution in [3.8, 4) is 0 Å². The van der Waals surface area contributed by atoms with E-state index in [2.05, 4.69) is 26.3 Å². The van der Waals surface area contributed by atoms with Gasteiger partial charge in [-0.1, -0.05) is 23.7 Å². The van der Waals surface area contributed by atoms with Crippen LogP contribution in [0, 0.1) is 0 Å². The van der Waals surface area contributed by atoms with Crippen LogP contribution in [0.2, 0.25) is 5.02 Å². The molecule has 2 aromatic rings. The van der Waals surface area contributed by atoms with Crippen molar-refractivity contribution in [2.45, 2.75) is 12.5 Å². The van der Waals surface area contributed by atoms with Gasteiger partial charge in [-0.15, -0.1) is 0 Å². The minimum Gasteiger partial charge on any atom is -0.338 e. The molecule has 96 valence electrons. The Bertz CT molecular complexity index is 541. The molecule has 0 saturated heterocycles. The molecule has 0 spiro atoms. The Labute approximate surface area is 119 Å². The standard InChI is InChI=1S/C12H14BrClN4/c1-18-6-5-16-11(18)7-10(17-15)8-3-2-4-9(13)12(8)14/h2-6,10,17H,7,15H2,1H3. The summed E-state index contributed by atoms with van der Waals surface area (Å²) in [7, 11) is 1.96. The summed E-state index contributed by atoms with van der Waals surface area (Å²) in [5.41, 5.74) is 3.75. The van der Waals surface area contributed by atoms with Gasteiger partial charge in [0.1, 0.15) is 5.82 Å². The fourth-order valence-corrected chi connectivity index (χ4v) is 2.46. The second kappa shape index (κ2) is 5.84. The van der Waals surface area contributed by atoms with E-state index in [0.29, 0.717) is 11.4 Å². The molecular weight excluding hydrogens is 316 g/mol. The number of benzene rings is 1. The summed E-state index contributed by atoms with van der Waals surface area (Å²) >= 11 is 9.69. The van der Waals surface area contributed by atoms with Gasteiger partial charge in [-0.3, -0.25) is 11.3 Å². The normalized spacial score (nSPS) is 12.7. The smallest absolute Gasteiger partial charge is 0.110 e. The maximum absolute atomic E-state index is 6.28. The summed E-state index contributed by atoms with van der Waals surface area (Å²) in [6.45, 7) is 0. The van der Waals surface area contributed by atoms with Crippen LogP contribution in [0.5, 0.6) is 0 Å². The minimum atomic E-state index is -0.0731. The zero-order valence-corrected chi connectivity index (χ0v) is 12.2. The molecule has 0 saturated carbocycles. The summed E-state index contributed by atoms with van der Waals surface area (Å²) in [5, 5.41) is 0.676. The lowest BCUT2D eigenvalue weighted by molar-refractivity contribution is 0.530. The van der Waals surface area contributed by atoms with Crippen molar-refractivity contribution in [2.75, 3.05) is 0 Å². The lowest BCUT2D eigenvalue weighted by Crippen LogP contribution is -2.30. The number of halogens is 2. The van der Waals surface area contributed by atoms with Gasteiger partial charge in [-0.2, -0.15) is 0 Å². The molecule has 0 aliphatic rings. The predicted octanol–water partition coefficient (Wildman–Crippen LogP) is 2.58. The number of aromatic nitrogens is 2. The molecule has 0 aliphatic heterocycles. The first-order valence-electron chi connectivity index (χ1n) is 5.49. The van der Waals surface area contributed by atoms with E-state index < -0.39 is 0 Å². The van der Waals surface area contributed by atoms with Crippen molar-refractivity contribution in [3.05, 3.63) is 51.5 Å². The van der Waals surface area contributed by atoms with Crippen LogP contribution in [0.25, 0.3) is 0 Å². The van der Waals surface area contributed by atoms with E-state index in [-0.39, 0.29) is 6.04 Å². The van der Waals surface area contributed by atoms with Crippen molar-refractivity contribution in [1.29, 1.82) is 0 Å². The molecule has 1 atom stereocenters. The second-order valence-corrected chi connectivity index (χ2v) is 5.25. The molecule has 3 N–H and O–H groups in total. The highest BCUT2D eigenvalue weighted by Crippen LogP contribution is 2.31. The number of imidazole rings is 1. The third-order valence-corrected chi connectivity index (χ3v) is 4.18. The van der Waals surface area contributed by atoms with Crippen LogP contribution in [0.1, 0.15) is 17.4 Å². The van der Waals surface area contributed by atoms with Crippen LogP contribution in [0.3, 0.4) is 0 Å². The van der Waals surface area contributed by atoms with E-state index >= 15 is 0 Å². The molecule has 1 unspecified atom stereocenters. The zero-order chi connectivity index (χ0) is 13.1. The molecule has 1 heterocycles. The highest BCUT2D eigenvalue weighted by atomic mass is 79.9. The predicted molar refractivity (Wildman–Crippen MR) is 76.1 cm³/mol. The summed E-state index contributed by atoms with van der Waals surface area (Å²) in [6.07, 6.45) is 4.35. The Kier molecular flexibility index (Phi) is 4.40. The maximum atomic E-state index is 6.28. The Morgan fingerprint density at radius 2 is 2.33 bits per heavy atom. The summed E-state index contributed by atoms with van der Waals surface area (Å²) in [5.74, 6) is 6.58. The summed E-state index contributed by atoms with van der Waals surface area (Å²) in [4.78, 5) is 4.29. The lowest BCUT2D eigenvalue weighted by Gasteiger charge is -2.18. The molecule has 0 amide bonds. The van der Waals surface area contributed by atoms with E-state index in [0.717, 1.165) is 15.9 Å². The molecule has 2 rings (SSSR count). The molecule has 0 radical (unpaired) electrons. The van der Waals surface area contributed by atoms with Crippen LogP contribution < -0.4 is 11.3 Å². The van der Waals surface area contributed by atoms with Gasteiger partial charge in [-0.05, 0) is 27.6 Å². The Morgan fingerprint density at radius 3 is 2.94 bits per heavy atom. The van der Waals surface area contributed by atoms with Crippen LogP contribution in [-0.2, 0) is 13.5 Å². The second-order valence-electron chi connectivity index (χ2n) is 4.02. The van der Waals surface area contributed by atoms with Crippen LogP contribution in [0.4, 0.5) is 0 Å². The van der Waals surface area contributed by atoms with Crippen molar-refractivity contribution in [1.82, 2.24) is 15.0 Å². The molecule has 0 fully saturated rings. The number of hydrogen-bond acceptors (Lipinski definition) is 3. The number of nitrogens with zero attached hydrogens (tertiary/aromatic N) is 2. The molecular formula is C12H14BrClN4. The van der Waals surface area contributed by atoms with E-state index in [1.165, 1.54) is 0 Å². The van der Waals surface area contributed by atoms with Crippen molar-refractivity contribution >= 4 is 27.5 Å². The molecule has 18 heavy (non-hydrogen) atoms. The Balaban J connectivity index is 2.29. The third kappa shape index (κ3) is 2.75. The van der Waals surface area contributed by atoms with Gasteiger partial charge >= 0.3 is 0 Å². The fraction of sp³-hybridized carbons (Fsp3) is 0.250. The van der Waals surface area contributed by atoms with E-state index in [9.17, 15) is 0 Å². The number of nitrogens with one attached hydrogen (secondary N) is 1. The average molecular weight is 330 g/mol. The topological polar surface area (TPSA) is 55.9 Å². The highest BCUT2D eigenvalue weighted by molar-refractivity contribution is 9.10. The largest absolute Gasteiger partial charge is 0.338 e. The van der Waals surface area contributed by atoms with Gasteiger partial charge in [0.05, 0.1) is 11.1 Å². The quantitative estimate of drug-likeness (QED) is 0.669. The van der Waals surface area contributed by atoms with Gasteiger partial charge in [0.25, 0.3) is 0 Å². The molecule has 1 aromatic carbocycles. The van der Waals surface area contributed by atoms with Gasteiger partial charge in [0, 0.05) is 30.3 Å². The highest BCUT2D eigenvalue weighted by Gasteiger charge is 2.17. The maximum Gasteiger partial charge on any atom is 0.110 e. The molecule has 0 bridgehead atoms. The summed E-state index contributed by atoms with van der Waals surface area (Å²) < 4.78 is 2.83. The first-order chi connectivity index (χ1) is 8.63. The van der Waals surface area contributed by atoms with Crippen molar-refractivity contribution in [2.24, 2.45) is 12.9 Å². The number of aryl methyl sites for hydroxylation is 1. The van der Waals surface area contributed by atoms with Crippen molar-refractivity contribution in [3.63, 3.8) is 0 Å². The monoisotopic (exact) mass is 328 g/mol. The first-order valence-corrected chi connectivity index (χ1v) is 6.66. The van der Waals surface area contributed by atoms with E-state index in [4.69, 9.17) is 17.4 Å².